The molecule has 7 heteroatoms. The minimum Gasteiger partial charge on any atom is -0.479 e. The molecule has 0 N–H and O–H groups in total. The Hall–Kier alpha value is -1.47. The molecule has 20 heavy (non-hydrogen) atoms. The molecule has 1 heterocycles. The summed E-state index contributed by atoms with van der Waals surface area (Å²) in [5.41, 5.74) is 1.79. The Morgan fingerprint density at radius 2 is 2.20 bits per heavy atom. The number of nitro groups is 1. The van der Waals surface area contributed by atoms with Gasteiger partial charge in [0, 0.05) is 16.3 Å². The van der Waals surface area contributed by atoms with Crippen molar-refractivity contribution >= 4 is 33.0 Å². The predicted molar refractivity (Wildman–Crippen MR) is 81.6 cm³/mol. The molecule has 0 aliphatic rings. The van der Waals surface area contributed by atoms with Gasteiger partial charge < -0.3 is 4.74 Å². The average molecular weight is 357 g/mol. The topological polar surface area (TPSA) is 65.3 Å². The number of nitro benzene ring substituents is 1. The summed E-state index contributed by atoms with van der Waals surface area (Å²) >= 11 is 4.82. The number of thiazole rings is 1. The van der Waals surface area contributed by atoms with E-state index < -0.39 is 4.92 Å². The van der Waals surface area contributed by atoms with Crippen LogP contribution in [0.4, 0.5) is 5.69 Å². The fourth-order valence-electron chi connectivity index (χ4n) is 1.65. The maximum Gasteiger partial charge on any atom is 0.311 e. The van der Waals surface area contributed by atoms with E-state index in [0.717, 1.165) is 21.1 Å². The lowest BCUT2D eigenvalue weighted by Gasteiger charge is -2.06. The number of ether oxygens (including phenoxy) is 1. The summed E-state index contributed by atoms with van der Waals surface area (Å²) in [6.07, 6.45) is 0. The van der Waals surface area contributed by atoms with Gasteiger partial charge in [-0.1, -0.05) is 22.0 Å². The third-order valence-electron chi connectivity index (χ3n) is 2.80. The highest BCUT2D eigenvalue weighted by Gasteiger charge is 2.16. The average Bonchev–Trinajstić information content (AvgIpc) is 2.75. The maximum absolute atomic E-state index is 11.1. The third-order valence-corrected chi connectivity index (χ3v) is 4.49. The minimum atomic E-state index is -0.431. The Morgan fingerprint density at radius 1 is 1.45 bits per heavy atom. The van der Waals surface area contributed by atoms with Crippen molar-refractivity contribution in [2.75, 3.05) is 0 Å². The largest absolute Gasteiger partial charge is 0.479 e. The first-order valence-electron chi connectivity index (χ1n) is 5.90. The second kappa shape index (κ2) is 6.32. The van der Waals surface area contributed by atoms with Crippen molar-refractivity contribution in [1.29, 1.82) is 0 Å². The number of benzene rings is 1. The molecule has 2 rings (SSSR count). The lowest BCUT2D eigenvalue weighted by atomic mass is 10.2. The zero-order valence-electron chi connectivity index (χ0n) is 11.1. The van der Waals surface area contributed by atoms with Gasteiger partial charge in [-0.2, -0.15) is 0 Å². The van der Waals surface area contributed by atoms with Crippen LogP contribution in [0.15, 0.2) is 18.2 Å². The van der Waals surface area contributed by atoms with Crippen molar-refractivity contribution in [2.45, 2.75) is 25.8 Å². The van der Waals surface area contributed by atoms with Crippen LogP contribution < -0.4 is 4.74 Å². The standard InChI is InChI=1S/C13H13BrN2O3S/c1-8-9(2)20-13(15-8)7-19-12-4-3-10(6-14)5-11(12)16(17)18/h3-5H,6-7H2,1-2H3. The van der Waals surface area contributed by atoms with Crippen molar-refractivity contribution < 1.29 is 9.66 Å². The Kier molecular flexibility index (Phi) is 4.72. The number of aryl methyl sites for hydroxylation is 2. The number of rotatable bonds is 5. The van der Waals surface area contributed by atoms with Crippen LogP contribution in [0, 0.1) is 24.0 Å². The van der Waals surface area contributed by atoms with Crippen LogP contribution in [-0.4, -0.2) is 9.91 Å². The summed E-state index contributed by atoms with van der Waals surface area (Å²) in [6, 6.07) is 4.94. The second-order valence-corrected chi connectivity index (χ2v) is 6.08. The van der Waals surface area contributed by atoms with E-state index in [1.165, 1.54) is 6.07 Å². The van der Waals surface area contributed by atoms with Gasteiger partial charge in [0.2, 0.25) is 0 Å². The number of alkyl halides is 1. The quantitative estimate of drug-likeness (QED) is 0.458. The highest BCUT2D eigenvalue weighted by atomic mass is 79.9. The van der Waals surface area contributed by atoms with Gasteiger partial charge in [0.1, 0.15) is 11.6 Å². The first kappa shape index (κ1) is 14.9. The third kappa shape index (κ3) is 3.34. The first-order valence-corrected chi connectivity index (χ1v) is 7.84. The number of aromatic nitrogens is 1. The Bertz CT molecular complexity index is 623. The molecule has 1 aromatic heterocycles. The summed E-state index contributed by atoms with van der Waals surface area (Å²) in [4.78, 5) is 16.1. The Morgan fingerprint density at radius 3 is 2.75 bits per heavy atom. The van der Waals surface area contributed by atoms with Gasteiger partial charge in [-0.05, 0) is 25.5 Å². The normalized spacial score (nSPS) is 10.6. The maximum atomic E-state index is 11.1. The molecule has 1 aromatic carbocycles. The Balaban J connectivity index is 2.18. The molecule has 0 atom stereocenters. The van der Waals surface area contributed by atoms with E-state index in [2.05, 4.69) is 20.9 Å². The molecular weight excluding hydrogens is 344 g/mol. The molecule has 0 saturated carbocycles. The molecule has 0 radical (unpaired) electrons. The minimum absolute atomic E-state index is 0.0213. The van der Waals surface area contributed by atoms with Crippen molar-refractivity contribution in [1.82, 2.24) is 4.98 Å². The van der Waals surface area contributed by atoms with Crippen LogP contribution in [0.5, 0.6) is 5.75 Å². The fraction of sp³-hybridized carbons (Fsp3) is 0.308. The SMILES string of the molecule is Cc1nc(COc2ccc(CBr)cc2[N+](=O)[O-])sc1C. The lowest BCUT2D eigenvalue weighted by molar-refractivity contribution is -0.386. The zero-order chi connectivity index (χ0) is 14.7. The van der Waals surface area contributed by atoms with Crippen LogP contribution >= 0.6 is 27.3 Å². The first-order chi connectivity index (χ1) is 9.51. The van der Waals surface area contributed by atoms with E-state index in [0.29, 0.717) is 5.33 Å². The van der Waals surface area contributed by atoms with Crippen LogP contribution in [0.2, 0.25) is 0 Å². The second-order valence-electron chi connectivity index (χ2n) is 4.23. The van der Waals surface area contributed by atoms with E-state index in [4.69, 9.17) is 4.74 Å². The monoisotopic (exact) mass is 356 g/mol. The van der Waals surface area contributed by atoms with E-state index >= 15 is 0 Å². The van der Waals surface area contributed by atoms with E-state index in [1.54, 1.807) is 23.5 Å². The summed E-state index contributed by atoms with van der Waals surface area (Å²) in [5, 5.41) is 12.4. The van der Waals surface area contributed by atoms with Crippen molar-refractivity contribution in [2.24, 2.45) is 0 Å². The van der Waals surface area contributed by atoms with E-state index in [-0.39, 0.29) is 18.0 Å². The fourth-order valence-corrected chi connectivity index (χ4v) is 2.85. The lowest BCUT2D eigenvalue weighted by Crippen LogP contribution is -1.99. The molecule has 0 fully saturated rings. The molecule has 0 unspecified atom stereocenters. The molecule has 0 spiro atoms. The molecule has 0 aliphatic heterocycles. The van der Waals surface area contributed by atoms with E-state index in [9.17, 15) is 10.1 Å². The summed E-state index contributed by atoms with van der Waals surface area (Å²) < 4.78 is 5.54. The zero-order valence-corrected chi connectivity index (χ0v) is 13.5. The highest BCUT2D eigenvalue weighted by molar-refractivity contribution is 9.08. The number of hydrogen-bond acceptors (Lipinski definition) is 5. The molecule has 2 aromatic rings. The van der Waals surface area contributed by atoms with Gasteiger partial charge in [-0.15, -0.1) is 11.3 Å². The smallest absolute Gasteiger partial charge is 0.311 e. The molecule has 0 amide bonds. The van der Waals surface area contributed by atoms with Crippen molar-refractivity contribution in [3.8, 4) is 5.75 Å². The van der Waals surface area contributed by atoms with Gasteiger partial charge in [0.05, 0.1) is 10.6 Å². The molecule has 5 nitrogen and oxygen atoms in total. The van der Waals surface area contributed by atoms with Crippen LogP contribution in [0.1, 0.15) is 21.1 Å². The summed E-state index contributed by atoms with van der Waals surface area (Å²) in [6.45, 7) is 4.17. The van der Waals surface area contributed by atoms with Crippen LogP contribution in [0.25, 0.3) is 0 Å². The van der Waals surface area contributed by atoms with Gasteiger partial charge in [-0.3, -0.25) is 10.1 Å². The van der Waals surface area contributed by atoms with Crippen LogP contribution in [-0.2, 0) is 11.9 Å². The number of nitrogens with zero attached hydrogens (tertiary/aromatic N) is 2. The molecular formula is C13H13BrN2O3S. The summed E-state index contributed by atoms with van der Waals surface area (Å²) in [7, 11) is 0. The molecule has 0 bridgehead atoms. The van der Waals surface area contributed by atoms with Crippen molar-refractivity contribution in [3.63, 3.8) is 0 Å². The molecule has 0 aliphatic carbocycles. The number of hydrogen-bond donors (Lipinski definition) is 0. The van der Waals surface area contributed by atoms with E-state index in [1.807, 2.05) is 13.8 Å². The Labute approximate surface area is 128 Å². The van der Waals surface area contributed by atoms with Gasteiger partial charge >= 0.3 is 5.69 Å². The molecule has 0 saturated heterocycles. The van der Waals surface area contributed by atoms with Crippen molar-refractivity contribution in [3.05, 3.63) is 49.5 Å². The van der Waals surface area contributed by atoms with Crippen LogP contribution in [0.3, 0.4) is 0 Å². The predicted octanol–water partition coefficient (Wildman–Crippen LogP) is 4.14. The van der Waals surface area contributed by atoms with Gasteiger partial charge in [0.25, 0.3) is 0 Å². The summed E-state index contributed by atoms with van der Waals surface area (Å²) in [5.74, 6) is 0.269. The van der Waals surface area contributed by atoms with Gasteiger partial charge in [0.15, 0.2) is 5.75 Å². The number of halogens is 1. The molecule has 106 valence electrons. The highest BCUT2D eigenvalue weighted by Crippen LogP contribution is 2.30. The van der Waals surface area contributed by atoms with Gasteiger partial charge in [-0.25, -0.2) is 4.98 Å².